The predicted molar refractivity (Wildman–Crippen MR) is 111 cm³/mol. The maximum Gasteiger partial charge on any atom is 0.191 e. The van der Waals surface area contributed by atoms with Crippen LogP contribution in [0.3, 0.4) is 0 Å². The van der Waals surface area contributed by atoms with Crippen LogP contribution in [-0.2, 0) is 23.1 Å². The second-order valence-corrected chi connectivity index (χ2v) is 7.67. The van der Waals surface area contributed by atoms with Crippen molar-refractivity contribution in [1.29, 1.82) is 0 Å². The second kappa shape index (κ2) is 12.0. The fourth-order valence-corrected chi connectivity index (χ4v) is 3.67. The lowest BCUT2D eigenvalue weighted by Gasteiger charge is -2.30. The summed E-state index contributed by atoms with van der Waals surface area (Å²) in [5.74, 6) is 2.59. The Morgan fingerprint density at radius 1 is 1.21 bits per heavy atom. The Balaban J connectivity index is 1.95. The van der Waals surface area contributed by atoms with Gasteiger partial charge in [-0.15, -0.1) is 10.2 Å². The normalized spacial score (nSPS) is 16.5. The van der Waals surface area contributed by atoms with Gasteiger partial charge in [-0.3, -0.25) is 0 Å². The molecule has 8 heteroatoms. The average Bonchev–Trinajstić information content (AvgIpc) is 3.30. The Bertz CT molecular complexity index is 596. The molecule has 0 radical (unpaired) electrons. The van der Waals surface area contributed by atoms with Gasteiger partial charge in [0.1, 0.15) is 12.4 Å². The first-order chi connectivity index (χ1) is 13.6. The van der Waals surface area contributed by atoms with Crippen molar-refractivity contribution in [2.75, 3.05) is 40.0 Å². The zero-order valence-electron chi connectivity index (χ0n) is 18.1. The van der Waals surface area contributed by atoms with E-state index >= 15 is 0 Å². The minimum absolute atomic E-state index is 0.311. The first kappa shape index (κ1) is 22.6. The molecule has 0 amide bonds. The maximum atomic E-state index is 5.43. The van der Waals surface area contributed by atoms with Gasteiger partial charge in [-0.05, 0) is 44.9 Å². The van der Waals surface area contributed by atoms with Crippen molar-refractivity contribution >= 4 is 5.96 Å². The molecular formula is C20H38N6O2. The van der Waals surface area contributed by atoms with Gasteiger partial charge in [-0.2, -0.15) is 0 Å². The minimum Gasteiger partial charge on any atom is -0.385 e. The maximum absolute atomic E-state index is 5.43. The summed E-state index contributed by atoms with van der Waals surface area (Å²) in [6.45, 7) is 8.55. The fraction of sp³-hybridized carbons (Fsp3) is 0.850. The molecule has 1 saturated carbocycles. The Kier molecular flexibility index (Phi) is 9.70. The SMILES string of the molecule is CCOCCCNC(=NCc1nnc(C)n1C)NCC1(CCOC)CCCC1. The highest BCUT2D eigenvalue weighted by Crippen LogP contribution is 2.40. The zero-order valence-corrected chi connectivity index (χ0v) is 18.1. The number of nitrogens with zero attached hydrogens (tertiary/aromatic N) is 4. The summed E-state index contributed by atoms with van der Waals surface area (Å²) in [4.78, 5) is 4.76. The lowest BCUT2D eigenvalue weighted by molar-refractivity contribution is 0.138. The molecule has 8 nitrogen and oxygen atoms in total. The van der Waals surface area contributed by atoms with E-state index in [0.29, 0.717) is 12.0 Å². The molecule has 1 heterocycles. The Morgan fingerprint density at radius 3 is 2.64 bits per heavy atom. The number of hydrogen-bond donors (Lipinski definition) is 2. The third-order valence-corrected chi connectivity index (χ3v) is 5.65. The molecule has 160 valence electrons. The molecule has 1 aromatic rings. The Hall–Kier alpha value is -1.67. The molecule has 0 aromatic carbocycles. The number of guanidine groups is 1. The molecule has 2 rings (SSSR count). The molecule has 1 aliphatic rings. The van der Waals surface area contributed by atoms with Crippen LogP contribution in [0, 0.1) is 12.3 Å². The fourth-order valence-electron chi connectivity index (χ4n) is 3.67. The summed E-state index contributed by atoms with van der Waals surface area (Å²) >= 11 is 0. The molecule has 1 aromatic heterocycles. The van der Waals surface area contributed by atoms with Crippen LogP contribution >= 0.6 is 0 Å². The molecule has 2 N–H and O–H groups in total. The highest BCUT2D eigenvalue weighted by Gasteiger charge is 2.33. The van der Waals surface area contributed by atoms with Gasteiger partial charge >= 0.3 is 0 Å². The van der Waals surface area contributed by atoms with E-state index in [2.05, 4.69) is 20.8 Å². The molecule has 0 saturated heterocycles. The van der Waals surface area contributed by atoms with Gasteiger partial charge < -0.3 is 24.7 Å². The molecular weight excluding hydrogens is 356 g/mol. The molecule has 0 unspecified atom stereocenters. The van der Waals surface area contributed by atoms with Crippen molar-refractivity contribution in [2.45, 2.75) is 58.9 Å². The minimum atomic E-state index is 0.311. The van der Waals surface area contributed by atoms with Crippen LogP contribution in [0.4, 0.5) is 0 Å². The lowest BCUT2D eigenvalue weighted by atomic mass is 9.83. The predicted octanol–water partition coefficient (Wildman–Crippen LogP) is 2.18. The van der Waals surface area contributed by atoms with Gasteiger partial charge in [0.05, 0.1) is 0 Å². The summed E-state index contributed by atoms with van der Waals surface area (Å²) < 4.78 is 12.8. The van der Waals surface area contributed by atoms with Gasteiger partial charge in [-0.1, -0.05) is 12.8 Å². The van der Waals surface area contributed by atoms with Crippen LogP contribution in [0.5, 0.6) is 0 Å². The lowest BCUT2D eigenvalue weighted by Crippen LogP contribution is -2.44. The third-order valence-electron chi connectivity index (χ3n) is 5.65. The smallest absolute Gasteiger partial charge is 0.191 e. The van der Waals surface area contributed by atoms with E-state index in [1.807, 2.05) is 25.5 Å². The molecule has 1 aliphatic carbocycles. The van der Waals surface area contributed by atoms with Crippen LogP contribution in [0.1, 0.15) is 57.1 Å². The standard InChI is InChI=1S/C20H38N6O2/c1-5-28-13-8-12-21-19(22-15-18-25-24-17(2)26(18)3)23-16-20(11-14-27-4)9-6-7-10-20/h5-16H2,1-4H3,(H2,21,22,23). The third kappa shape index (κ3) is 7.05. The zero-order chi connectivity index (χ0) is 20.2. The average molecular weight is 395 g/mol. The molecule has 28 heavy (non-hydrogen) atoms. The quantitative estimate of drug-likeness (QED) is 0.321. The van der Waals surface area contributed by atoms with E-state index in [9.17, 15) is 0 Å². The van der Waals surface area contributed by atoms with Crippen molar-refractivity contribution in [2.24, 2.45) is 17.5 Å². The van der Waals surface area contributed by atoms with E-state index in [1.165, 1.54) is 25.7 Å². The van der Waals surface area contributed by atoms with Crippen molar-refractivity contribution in [3.05, 3.63) is 11.6 Å². The van der Waals surface area contributed by atoms with Crippen molar-refractivity contribution in [3.63, 3.8) is 0 Å². The Labute approximate surface area is 169 Å². The van der Waals surface area contributed by atoms with Gasteiger partial charge in [0, 0.05) is 47.1 Å². The van der Waals surface area contributed by atoms with Gasteiger partial charge in [0.25, 0.3) is 0 Å². The summed E-state index contributed by atoms with van der Waals surface area (Å²) in [5, 5.41) is 15.4. The number of rotatable bonds is 12. The number of ether oxygens (including phenoxy) is 2. The Morgan fingerprint density at radius 2 is 2.00 bits per heavy atom. The summed E-state index contributed by atoms with van der Waals surface area (Å²) in [6.07, 6.45) is 7.16. The summed E-state index contributed by atoms with van der Waals surface area (Å²) in [6, 6.07) is 0. The van der Waals surface area contributed by atoms with Gasteiger partial charge in [-0.25, -0.2) is 4.99 Å². The summed E-state index contributed by atoms with van der Waals surface area (Å²) in [5.41, 5.74) is 0.311. The molecule has 1 fully saturated rings. The van der Waals surface area contributed by atoms with Crippen LogP contribution in [0.15, 0.2) is 4.99 Å². The van der Waals surface area contributed by atoms with Gasteiger partial charge in [0.2, 0.25) is 0 Å². The first-order valence-electron chi connectivity index (χ1n) is 10.5. The molecule has 0 aliphatic heterocycles. The number of hydrogen-bond acceptors (Lipinski definition) is 5. The van der Waals surface area contributed by atoms with Crippen LogP contribution < -0.4 is 10.6 Å². The van der Waals surface area contributed by atoms with E-state index in [-0.39, 0.29) is 0 Å². The van der Waals surface area contributed by atoms with Gasteiger partial charge in [0.15, 0.2) is 11.8 Å². The van der Waals surface area contributed by atoms with E-state index in [4.69, 9.17) is 14.5 Å². The number of aryl methyl sites for hydroxylation is 1. The summed E-state index contributed by atoms with van der Waals surface area (Å²) in [7, 11) is 3.76. The largest absolute Gasteiger partial charge is 0.385 e. The molecule has 0 bridgehead atoms. The number of aromatic nitrogens is 3. The molecule has 0 atom stereocenters. The highest BCUT2D eigenvalue weighted by molar-refractivity contribution is 5.79. The van der Waals surface area contributed by atoms with E-state index < -0.39 is 0 Å². The monoisotopic (exact) mass is 394 g/mol. The van der Waals surface area contributed by atoms with Crippen LogP contribution in [-0.4, -0.2) is 60.7 Å². The number of nitrogens with one attached hydrogen (secondary N) is 2. The van der Waals surface area contributed by atoms with E-state index in [0.717, 1.165) is 63.4 Å². The highest BCUT2D eigenvalue weighted by atomic mass is 16.5. The van der Waals surface area contributed by atoms with Crippen molar-refractivity contribution < 1.29 is 9.47 Å². The van der Waals surface area contributed by atoms with E-state index in [1.54, 1.807) is 7.11 Å². The van der Waals surface area contributed by atoms with Crippen LogP contribution in [0.2, 0.25) is 0 Å². The first-order valence-corrected chi connectivity index (χ1v) is 10.5. The van der Waals surface area contributed by atoms with Crippen LogP contribution in [0.25, 0.3) is 0 Å². The van der Waals surface area contributed by atoms with Crippen molar-refractivity contribution in [3.8, 4) is 0 Å². The number of methoxy groups -OCH3 is 1. The van der Waals surface area contributed by atoms with Crippen molar-refractivity contribution in [1.82, 2.24) is 25.4 Å². The second-order valence-electron chi connectivity index (χ2n) is 7.67. The molecule has 0 spiro atoms. The topological polar surface area (TPSA) is 85.6 Å². The number of aliphatic imine (C=N–C) groups is 1.